The largest absolute Gasteiger partial charge is 0.480 e. The molecule has 27 heavy (non-hydrogen) atoms. The number of aliphatic carboxylic acids is 1. The molecule has 2 aromatic carbocycles. The predicted molar refractivity (Wildman–Crippen MR) is 101 cm³/mol. The molecule has 0 aliphatic rings. The molecule has 0 atom stereocenters. The van der Waals surface area contributed by atoms with Crippen LogP contribution in [0.5, 0.6) is 0 Å². The van der Waals surface area contributed by atoms with Crippen molar-refractivity contribution in [2.75, 3.05) is 13.1 Å². The SMILES string of the molecule is CCNS(=O)(=O)c1ccc(CC(=O)N(CC(=O)O)Cc2ccccc2)cc1. The fraction of sp³-hybridized carbons (Fsp3) is 0.263. The summed E-state index contributed by atoms with van der Waals surface area (Å²) in [6, 6.07) is 15.1. The van der Waals surface area contributed by atoms with Gasteiger partial charge in [-0.15, -0.1) is 0 Å². The summed E-state index contributed by atoms with van der Waals surface area (Å²) < 4.78 is 26.3. The average molecular weight is 390 g/mol. The Labute approximate surface area is 158 Å². The van der Waals surface area contributed by atoms with E-state index >= 15 is 0 Å². The molecule has 0 unspecified atom stereocenters. The van der Waals surface area contributed by atoms with Gasteiger partial charge in [-0.1, -0.05) is 49.4 Å². The Hall–Kier alpha value is -2.71. The summed E-state index contributed by atoms with van der Waals surface area (Å²) in [7, 11) is -3.55. The lowest BCUT2D eigenvalue weighted by Gasteiger charge is -2.21. The quantitative estimate of drug-likeness (QED) is 0.677. The van der Waals surface area contributed by atoms with E-state index in [1.165, 1.54) is 17.0 Å². The lowest BCUT2D eigenvalue weighted by molar-refractivity contribution is -0.144. The zero-order valence-electron chi connectivity index (χ0n) is 15.0. The van der Waals surface area contributed by atoms with Gasteiger partial charge in [0.1, 0.15) is 6.54 Å². The molecular weight excluding hydrogens is 368 g/mol. The third kappa shape index (κ3) is 6.19. The van der Waals surface area contributed by atoms with Crippen molar-refractivity contribution in [2.24, 2.45) is 0 Å². The van der Waals surface area contributed by atoms with Crippen LogP contribution in [0.4, 0.5) is 0 Å². The summed E-state index contributed by atoms with van der Waals surface area (Å²) in [5, 5.41) is 9.09. The zero-order chi connectivity index (χ0) is 19.9. The maximum absolute atomic E-state index is 12.6. The minimum atomic E-state index is -3.55. The van der Waals surface area contributed by atoms with Gasteiger partial charge in [0.05, 0.1) is 11.3 Å². The number of sulfonamides is 1. The third-order valence-corrected chi connectivity index (χ3v) is 5.38. The standard InChI is InChI=1S/C19H22N2O5S/c1-2-20-27(25,26)17-10-8-15(9-11-17)12-18(22)21(14-19(23)24)13-16-6-4-3-5-7-16/h3-11,20H,2,12-14H2,1H3,(H,23,24). The minimum absolute atomic E-state index is 0.0123. The van der Waals surface area contributed by atoms with E-state index in [4.69, 9.17) is 5.11 Å². The van der Waals surface area contributed by atoms with Crippen LogP contribution in [-0.4, -0.2) is 43.4 Å². The van der Waals surface area contributed by atoms with Crippen molar-refractivity contribution in [1.82, 2.24) is 9.62 Å². The van der Waals surface area contributed by atoms with Crippen molar-refractivity contribution in [3.05, 3.63) is 65.7 Å². The Morgan fingerprint density at radius 1 is 1.00 bits per heavy atom. The van der Waals surface area contributed by atoms with E-state index in [0.29, 0.717) is 5.56 Å². The summed E-state index contributed by atoms with van der Waals surface area (Å²) in [4.78, 5) is 25.1. The van der Waals surface area contributed by atoms with Gasteiger partial charge in [0.25, 0.3) is 0 Å². The first-order valence-electron chi connectivity index (χ1n) is 8.44. The van der Waals surface area contributed by atoms with Gasteiger partial charge < -0.3 is 10.0 Å². The molecule has 2 N–H and O–H groups in total. The van der Waals surface area contributed by atoms with Crippen molar-refractivity contribution < 1.29 is 23.1 Å². The fourth-order valence-electron chi connectivity index (χ4n) is 2.55. The fourth-order valence-corrected chi connectivity index (χ4v) is 3.59. The maximum atomic E-state index is 12.6. The molecule has 0 spiro atoms. The highest BCUT2D eigenvalue weighted by atomic mass is 32.2. The molecule has 0 aliphatic carbocycles. The number of nitrogens with one attached hydrogen (secondary N) is 1. The second-order valence-electron chi connectivity index (χ2n) is 5.95. The summed E-state index contributed by atoms with van der Waals surface area (Å²) in [6.45, 7) is 1.76. The Balaban J connectivity index is 2.11. The smallest absolute Gasteiger partial charge is 0.323 e. The second-order valence-corrected chi connectivity index (χ2v) is 7.72. The highest BCUT2D eigenvalue weighted by Crippen LogP contribution is 2.13. The number of carbonyl (C=O) groups excluding carboxylic acids is 1. The van der Waals surface area contributed by atoms with Gasteiger partial charge in [-0.2, -0.15) is 0 Å². The van der Waals surface area contributed by atoms with Gasteiger partial charge in [0.2, 0.25) is 15.9 Å². The van der Waals surface area contributed by atoms with E-state index in [1.54, 1.807) is 19.1 Å². The first-order valence-corrected chi connectivity index (χ1v) is 9.92. The number of hydrogen-bond acceptors (Lipinski definition) is 4. The number of hydrogen-bond donors (Lipinski definition) is 2. The lowest BCUT2D eigenvalue weighted by atomic mass is 10.1. The molecule has 0 saturated carbocycles. The number of rotatable bonds is 9. The van der Waals surface area contributed by atoms with Crippen molar-refractivity contribution >= 4 is 21.9 Å². The van der Waals surface area contributed by atoms with Crippen LogP contribution in [0.3, 0.4) is 0 Å². The highest BCUT2D eigenvalue weighted by molar-refractivity contribution is 7.89. The van der Waals surface area contributed by atoms with Gasteiger partial charge in [0.15, 0.2) is 0 Å². The molecular formula is C19H22N2O5S. The molecule has 0 radical (unpaired) electrons. The maximum Gasteiger partial charge on any atom is 0.323 e. The number of nitrogens with zero attached hydrogens (tertiary/aromatic N) is 1. The first kappa shape index (κ1) is 20.6. The summed E-state index contributed by atoms with van der Waals surface area (Å²) >= 11 is 0. The minimum Gasteiger partial charge on any atom is -0.480 e. The Morgan fingerprint density at radius 2 is 1.63 bits per heavy atom. The molecule has 1 amide bonds. The summed E-state index contributed by atoms with van der Waals surface area (Å²) in [5.74, 6) is -1.44. The number of carbonyl (C=O) groups is 2. The molecule has 2 aromatic rings. The van der Waals surface area contributed by atoms with Gasteiger partial charge in [-0.3, -0.25) is 9.59 Å². The second kappa shape index (κ2) is 9.29. The van der Waals surface area contributed by atoms with Gasteiger partial charge in [-0.25, -0.2) is 13.1 Å². The molecule has 0 fully saturated rings. The van der Waals surface area contributed by atoms with E-state index in [-0.39, 0.29) is 30.3 Å². The first-order chi connectivity index (χ1) is 12.8. The number of amides is 1. The van der Waals surface area contributed by atoms with Crippen LogP contribution in [0.1, 0.15) is 18.1 Å². The predicted octanol–water partition coefficient (Wildman–Crippen LogP) is 1.64. The van der Waals surface area contributed by atoms with Crippen LogP contribution in [0.2, 0.25) is 0 Å². The van der Waals surface area contributed by atoms with Crippen LogP contribution < -0.4 is 4.72 Å². The summed E-state index contributed by atoms with van der Waals surface area (Å²) in [6.07, 6.45) is -0.0123. The van der Waals surface area contributed by atoms with E-state index in [0.717, 1.165) is 5.56 Å². The molecule has 7 nitrogen and oxygen atoms in total. The van der Waals surface area contributed by atoms with Crippen molar-refractivity contribution in [3.63, 3.8) is 0 Å². The van der Waals surface area contributed by atoms with E-state index in [2.05, 4.69) is 4.72 Å². The van der Waals surface area contributed by atoms with E-state index in [9.17, 15) is 18.0 Å². The van der Waals surface area contributed by atoms with Crippen LogP contribution in [0.15, 0.2) is 59.5 Å². The topological polar surface area (TPSA) is 104 Å². The number of carboxylic acid groups (broad SMARTS) is 1. The van der Waals surface area contributed by atoms with Crippen LogP contribution in [0.25, 0.3) is 0 Å². The molecule has 2 rings (SSSR count). The number of benzene rings is 2. The Kier molecular flexibility index (Phi) is 7.09. The van der Waals surface area contributed by atoms with Gasteiger partial charge in [-0.05, 0) is 23.3 Å². The van der Waals surface area contributed by atoms with E-state index < -0.39 is 22.5 Å². The van der Waals surface area contributed by atoms with Crippen molar-refractivity contribution in [3.8, 4) is 0 Å². The van der Waals surface area contributed by atoms with Gasteiger partial charge in [0, 0.05) is 13.1 Å². The molecule has 144 valence electrons. The zero-order valence-corrected chi connectivity index (χ0v) is 15.8. The lowest BCUT2D eigenvalue weighted by Crippen LogP contribution is -2.36. The number of carboxylic acids is 1. The molecule has 0 aromatic heterocycles. The van der Waals surface area contributed by atoms with Crippen LogP contribution in [0, 0.1) is 0 Å². The van der Waals surface area contributed by atoms with Crippen LogP contribution in [-0.2, 0) is 32.6 Å². The molecule has 0 aliphatic heterocycles. The average Bonchev–Trinajstić information content (AvgIpc) is 2.62. The van der Waals surface area contributed by atoms with Crippen molar-refractivity contribution in [1.29, 1.82) is 0 Å². The molecule has 0 saturated heterocycles. The van der Waals surface area contributed by atoms with Crippen molar-refractivity contribution in [2.45, 2.75) is 24.8 Å². The van der Waals surface area contributed by atoms with E-state index in [1.807, 2.05) is 30.3 Å². The Morgan fingerprint density at radius 3 is 2.19 bits per heavy atom. The monoisotopic (exact) mass is 390 g/mol. The Bertz CT molecular complexity index is 880. The highest BCUT2D eigenvalue weighted by Gasteiger charge is 2.18. The van der Waals surface area contributed by atoms with Gasteiger partial charge >= 0.3 is 5.97 Å². The normalized spacial score (nSPS) is 11.1. The van der Waals surface area contributed by atoms with Crippen LogP contribution >= 0.6 is 0 Å². The molecule has 0 heterocycles. The summed E-state index contributed by atoms with van der Waals surface area (Å²) in [5.41, 5.74) is 1.44. The molecule has 0 bridgehead atoms. The third-order valence-electron chi connectivity index (χ3n) is 3.82. The molecule has 8 heteroatoms.